The van der Waals surface area contributed by atoms with Gasteiger partial charge < -0.3 is 9.88 Å². The van der Waals surface area contributed by atoms with Gasteiger partial charge in [-0.3, -0.25) is 0 Å². The van der Waals surface area contributed by atoms with E-state index in [1.807, 2.05) is 17.7 Å². The molecule has 0 aromatic carbocycles. The molecule has 3 rings (SSSR count). The van der Waals surface area contributed by atoms with Crippen LogP contribution in [-0.2, 0) is 12.0 Å². The van der Waals surface area contributed by atoms with Crippen molar-refractivity contribution < 1.29 is 0 Å². The van der Waals surface area contributed by atoms with E-state index in [0.717, 1.165) is 19.6 Å². The first-order valence-electron chi connectivity index (χ1n) is 7.41. The maximum atomic E-state index is 4.41. The maximum Gasteiger partial charge on any atom is 0.0948 e. The van der Waals surface area contributed by atoms with Gasteiger partial charge in [-0.2, -0.15) is 0 Å². The van der Waals surface area contributed by atoms with Gasteiger partial charge in [-0.15, -0.1) is 11.3 Å². The molecule has 0 atom stereocenters. The third-order valence-corrected chi connectivity index (χ3v) is 5.49. The average Bonchev–Trinajstić information content (AvgIpc) is 3.10. The zero-order valence-corrected chi connectivity index (χ0v) is 13.1. The summed E-state index contributed by atoms with van der Waals surface area (Å²) in [7, 11) is 0. The van der Waals surface area contributed by atoms with Gasteiger partial charge in [0.2, 0.25) is 0 Å². The fourth-order valence-corrected chi connectivity index (χ4v) is 3.93. The molecular weight excluding hydrogens is 266 g/mol. The first kappa shape index (κ1) is 13.8. The number of nitrogens with one attached hydrogen (secondary N) is 1. The summed E-state index contributed by atoms with van der Waals surface area (Å²) in [5.41, 5.74) is 1.58. The van der Waals surface area contributed by atoms with Crippen molar-refractivity contribution in [1.82, 2.24) is 14.9 Å². The number of hydrogen-bond donors (Lipinski definition) is 1. The second-order valence-electron chi connectivity index (χ2n) is 6.33. The number of rotatable bonds is 4. The van der Waals surface area contributed by atoms with Crippen molar-refractivity contribution in [2.45, 2.75) is 44.6 Å². The molecule has 3 heterocycles. The van der Waals surface area contributed by atoms with Gasteiger partial charge in [-0.1, -0.05) is 19.9 Å². The number of thiophene rings is 1. The molecule has 2 aromatic heterocycles. The van der Waals surface area contributed by atoms with E-state index in [0.29, 0.717) is 5.92 Å². The van der Waals surface area contributed by atoms with Crippen molar-refractivity contribution in [3.8, 4) is 0 Å². The normalized spacial score (nSPS) is 17.5. The largest absolute Gasteiger partial charge is 0.333 e. The Bertz CT molecular complexity index is 536. The van der Waals surface area contributed by atoms with Crippen molar-refractivity contribution in [2.75, 3.05) is 13.1 Å². The third kappa shape index (κ3) is 2.81. The summed E-state index contributed by atoms with van der Waals surface area (Å²) >= 11 is 1.85. The maximum absolute atomic E-state index is 4.41. The number of nitrogens with zero attached hydrogens (tertiary/aromatic N) is 2. The molecule has 1 saturated heterocycles. The van der Waals surface area contributed by atoms with E-state index in [9.17, 15) is 0 Å². The van der Waals surface area contributed by atoms with Crippen LogP contribution in [-0.4, -0.2) is 22.6 Å². The molecule has 0 radical (unpaired) electrons. The molecule has 1 aliphatic rings. The minimum absolute atomic E-state index is 0.163. The van der Waals surface area contributed by atoms with Crippen molar-refractivity contribution >= 4 is 11.3 Å². The average molecular weight is 289 g/mol. The van der Waals surface area contributed by atoms with Crippen LogP contribution in [0, 0.1) is 0 Å². The summed E-state index contributed by atoms with van der Waals surface area (Å²) in [6, 6.07) is 4.38. The van der Waals surface area contributed by atoms with Gasteiger partial charge in [0.15, 0.2) is 0 Å². The summed E-state index contributed by atoms with van der Waals surface area (Å²) in [5.74, 6) is 0.665. The van der Waals surface area contributed by atoms with E-state index in [-0.39, 0.29) is 5.41 Å². The summed E-state index contributed by atoms with van der Waals surface area (Å²) in [6.07, 6.45) is 6.53. The molecular formula is C16H23N3S. The van der Waals surface area contributed by atoms with Gasteiger partial charge in [0.1, 0.15) is 0 Å². The summed E-state index contributed by atoms with van der Waals surface area (Å²) in [6.45, 7) is 7.91. The predicted molar refractivity (Wildman–Crippen MR) is 84.4 cm³/mol. The van der Waals surface area contributed by atoms with Crippen molar-refractivity contribution in [3.05, 3.63) is 40.6 Å². The second kappa shape index (κ2) is 5.70. The Morgan fingerprint density at radius 2 is 2.20 bits per heavy atom. The standard InChI is InChI=1S/C16H23N3S/c1-16(2,15-4-3-9-20-15)11-19-12-18-10-14(19)13-5-7-17-8-6-13/h3-4,9-10,12-13,17H,5-8,11H2,1-2H3. The lowest BCUT2D eigenvalue weighted by molar-refractivity contribution is 0.399. The first-order valence-corrected chi connectivity index (χ1v) is 8.29. The SMILES string of the molecule is CC(C)(Cn1cncc1C1CCNCC1)c1cccs1. The summed E-state index contributed by atoms with van der Waals surface area (Å²) in [5, 5.41) is 5.60. The Morgan fingerprint density at radius 1 is 1.40 bits per heavy atom. The van der Waals surface area contributed by atoms with Crippen LogP contribution in [0.5, 0.6) is 0 Å². The van der Waals surface area contributed by atoms with Gasteiger partial charge in [-0.25, -0.2) is 4.98 Å². The zero-order valence-electron chi connectivity index (χ0n) is 12.3. The topological polar surface area (TPSA) is 29.9 Å². The Hall–Kier alpha value is -1.13. The van der Waals surface area contributed by atoms with Crippen LogP contribution in [0.3, 0.4) is 0 Å². The predicted octanol–water partition coefficient (Wildman–Crippen LogP) is 3.39. The van der Waals surface area contributed by atoms with Gasteiger partial charge in [0.05, 0.1) is 6.33 Å². The number of aromatic nitrogens is 2. The molecule has 0 aliphatic carbocycles. The molecule has 0 unspecified atom stereocenters. The van der Waals surface area contributed by atoms with Crippen molar-refractivity contribution in [1.29, 1.82) is 0 Å². The molecule has 2 aromatic rings. The quantitative estimate of drug-likeness (QED) is 0.935. The number of piperidine rings is 1. The highest BCUT2D eigenvalue weighted by Gasteiger charge is 2.25. The van der Waals surface area contributed by atoms with Crippen LogP contribution >= 0.6 is 11.3 Å². The van der Waals surface area contributed by atoms with Crippen LogP contribution < -0.4 is 5.32 Å². The van der Waals surface area contributed by atoms with Crippen molar-refractivity contribution in [2.24, 2.45) is 0 Å². The smallest absolute Gasteiger partial charge is 0.0948 e. The van der Waals surface area contributed by atoms with Crippen LogP contribution in [0.4, 0.5) is 0 Å². The highest BCUT2D eigenvalue weighted by atomic mass is 32.1. The molecule has 1 fully saturated rings. The highest BCUT2D eigenvalue weighted by molar-refractivity contribution is 7.10. The Kier molecular flexibility index (Phi) is 3.94. The summed E-state index contributed by atoms with van der Waals surface area (Å²) in [4.78, 5) is 5.86. The Labute approximate surface area is 125 Å². The molecule has 20 heavy (non-hydrogen) atoms. The van der Waals surface area contributed by atoms with E-state index >= 15 is 0 Å². The van der Waals surface area contributed by atoms with Crippen LogP contribution in [0.25, 0.3) is 0 Å². The van der Waals surface area contributed by atoms with E-state index in [1.165, 1.54) is 23.4 Å². The fourth-order valence-electron chi connectivity index (χ4n) is 3.09. The Balaban J connectivity index is 1.79. The molecule has 0 saturated carbocycles. The molecule has 0 amide bonds. The zero-order chi connectivity index (χ0) is 14.0. The van der Waals surface area contributed by atoms with Crippen molar-refractivity contribution in [3.63, 3.8) is 0 Å². The molecule has 1 aliphatic heterocycles. The van der Waals surface area contributed by atoms with Gasteiger partial charge >= 0.3 is 0 Å². The fraction of sp³-hybridized carbons (Fsp3) is 0.562. The van der Waals surface area contributed by atoms with E-state index in [4.69, 9.17) is 0 Å². The number of imidazole rings is 1. The van der Waals surface area contributed by atoms with Gasteiger partial charge in [0.25, 0.3) is 0 Å². The van der Waals surface area contributed by atoms with Gasteiger partial charge in [0, 0.05) is 34.6 Å². The highest BCUT2D eigenvalue weighted by Crippen LogP contribution is 2.32. The lowest BCUT2D eigenvalue weighted by atomic mass is 9.90. The van der Waals surface area contributed by atoms with E-state index < -0.39 is 0 Å². The molecule has 1 N–H and O–H groups in total. The number of hydrogen-bond acceptors (Lipinski definition) is 3. The second-order valence-corrected chi connectivity index (χ2v) is 7.28. The molecule has 0 spiro atoms. The van der Waals surface area contributed by atoms with E-state index in [2.05, 4.69) is 52.4 Å². The summed E-state index contributed by atoms with van der Waals surface area (Å²) < 4.78 is 2.37. The molecule has 108 valence electrons. The first-order chi connectivity index (χ1) is 9.67. The molecule has 4 heteroatoms. The monoisotopic (exact) mass is 289 g/mol. The molecule has 3 nitrogen and oxygen atoms in total. The van der Waals surface area contributed by atoms with Gasteiger partial charge in [-0.05, 0) is 37.4 Å². The van der Waals surface area contributed by atoms with Crippen LogP contribution in [0.15, 0.2) is 30.0 Å². The van der Waals surface area contributed by atoms with Crippen LogP contribution in [0.2, 0.25) is 0 Å². The minimum Gasteiger partial charge on any atom is -0.333 e. The lowest BCUT2D eigenvalue weighted by Gasteiger charge is -2.28. The minimum atomic E-state index is 0.163. The lowest BCUT2D eigenvalue weighted by Crippen LogP contribution is -2.29. The van der Waals surface area contributed by atoms with Crippen LogP contribution in [0.1, 0.15) is 43.2 Å². The Morgan fingerprint density at radius 3 is 2.90 bits per heavy atom. The van der Waals surface area contributed by atoms with E-state index in [1.54, 1.807) is 0 Å². The molecule has 0 bridgehead atoms. The third-order valence-electron chi connectivity index (χ3n) is 4.26.